The second-order valence-electron chi connectivity index (χ2n) is 5.19. The van der Waals surface area contributed by atoms with Gasteiger partial charge in [-0.2, -0.15) is 0 Å². The normalized spacial score (nSPS) is 13.5. The molecule has 108 valence electrons. The first kappa shape index (κ1) is 17.9. The third-order valence-corrected chi connectivity index (χ3v) is 3.01. The van der Waals surface area contributed by atoms with E-state index in [0.29, 0.717) is 6.54 Å². The van der Waals surface area contributed by atoms with Gasteiger partial charge in [0, 0.05) is 12.6 Å². The standard InChI is InChI=1S/C15H24N2O.ClH/c1-11(2)14(13-7-5-4-6-8-13)15(18)17-10-9-12(3)16;/h4-8,11-12,14H,9-10,16H2,1-3H3,(H,17,18);1H. The van der Waals surface area contributed by atoms with Crippen LogP contribution >= 0.6 is 12.4 Å². The van der Waals surface area contributed by atoms with E-state index in [9.17, 15) is 4.79 Å². The van der Waals surface area contributed by atoms with Gasteiger partial charge in [0.1, 0.15) is 0 Å². The maximum absolute atomic E-state index is 12.2. The van der Waals surface area contributed by atoms with E-state index in [0.717, 1.165) is 12.0 Å². The van der Waals surface area contributed by atoms with Crippen LogP contribution < -0.4 is 11.1 Å². The summed E-state index contributed by atoms with van der Waals surface area (Å²) in [4.78, 5) is 12.2. The van der Waals surface area contributed by atoms with E-state index in [1.807, 2.05) is 37.3 Å². The van der Waals surface area contributed by atoms with Crippen molar-refractivity contribution in [2.24, 2.45) is 11.7 Å². The average Bonchev–Trinajstić information content (AvgIpc) is 2.29. The Labute approximate surface area is 122 Å². The van der Waals surface area contributed by atoms with Crippen LogP contribution in [0.3, 0.4) is 0 Å². The molecule has 3 N–H and O–H groups in total. The monoisotopic (exact) mass is 284 g/mol. The van der Waals surface area contributed by atoms with Crippen LogP contribution in [0.1, 0.15) is 38.7 Å². The molecule has 2 unspecified atom stereocenters. The smallest absolute Gasteiger partial charge is 0.227 e. The number of hydrogen-bond donors (Lipinski definition) is 2. The number of nitrogens with two attached hydrogens (primary N) is 1. The van der Waals surface area contributed by atoms with Crippen molar-refractivity contribution >= 4 is 18.3 Å². The number of carbonyl (C=O) groups excluding carboxylic acids is 1. The lowest BCUT2D eigenvalue weighted by Crippen LogP contribution is -2.34. The largest absolute Gasteiger partial charge is 0.356 e. The number of nitrogens with one attached hydrogen (secondary N) is 1. The fraction of sp³-hybridized carbons (Fsp3) is 0.533. The summed E-state index contributed by atoms with van der Waals surface area (Å²) in [5.74, 6) is 0.291. The fourth-order valence-corrected chi connectivity index (χ4v) is 2.03. The van der Waals surface area contributed by atoms with E-state index in [-0.39, 0.29) is 36.2 Å². The summed E-state index contributed by atoms with van der Waals surface area (Å²) in [6, 6.07) is 10.1. The van der Waals surface area contributed by atoms with Gasteiger partial charge in [0.05, 0.1) is 5.92 Å². The van der Waals surface area contributed by atoms with Crippen molar-refractivity contribution in [2.45, 2.75) is 39.2 Å². The van der Waals surface area contributed by atoms with Crippen LogP contribution in [0.15, 0.2) is 30.3 Å². The fourth-order valence-electron chi connectivity index (χ4n) is 2.03. The summed E-state index contributed by atoms with van der Waals surface area (Å²) in [5, 5.41) is 2.97. The van der Waals surface area contributed by atoms with Crippen molar-refractivity contribution in [3.63, 3.8) is 0 Å². The quantitative estimate of drug-likeness (QED) is 0.844. The Morgan fingerprint density at radius 3 is 2.26 bits per heavy atom. The van der Waals surface area contributed by atoms with E-state index in [4.69, 9.17) is 5.73 Å². The molecule has 1 rings (SSSR count). The Bertz CT molecular complexity index is 366. The van der Waals surface area contributed by atoms with E-state index in [1.54, 1.807) is 0 Å². The van der Waals surface area contributed by atoms with Crippen molar-refractivity contribution in [3.8, 4) is 0 Å². The molecule has 0 heterocycles. The van der Waals surface area contributed by atoms with Crippen LogP contribution in [0.5, 0.6) is 0 Å². The molecule has 1 aromatic carbocycles. The zero-order valence-electron chi connectivity index (χ0n) is 11.9. The molecule has 0 aliphatic carbocycles. The van der Waals surface area contributed by atoms with Gasteiger partial charge in [0.15, 0.2) is 0 Å². The predicted molar refractivity (Wildman–Crippen MR) is 82.5 cm³/mol. The van der Waals surface area contributed by atoms with Gasteiger partial charge >= 0.3 is 0 Å². The molecule has 3 nitrogen and oxygen atoms in total. The molecule has 0 aliphatic heterocycles. The lowest BCUT2D eigenvalue weighted by molar-refractivity contribution is -0.123. The van der Waals surface area contributed by atoms with Gasteiger partial charge < -0.3 is 11.1 Å². The van der Waals surface area contributed by atoms with Gasteiger partial charge in [-0.3, -0.25) is 4.79 Å². The molecule has 0 bridgehead atoms. The zero-order chi connectivity index (χ0) is 13.5. The maximum atomic E-state index is 12.2. The number of amides is 1. The highest BCUT2D eigenvalue weighted by Crippen LogP contribution is 2.24. The van der Waals surface area contributed by atoms with Crippen molar-refractivity contribution in [1.82, 2.24) is 5.32 Å². The van der Waals surface area contributed by atoms with Gasteiger partial charge in [-0.05, 0) is 24.8 Å². The third kappa shape index (κ3) is 6.08. The molecule has 1 amide bonds. The average molecular weight is 285 g/mol. The second kappa shape index (κ2) is 8.94. The number of halogens is 1. The minimum absolute atomic E-state index is 0. The van der Waals surface area contributed by atoms with Crippen LogP contribution in [0.25, 0.3) is 0 Å². The summed E-state index contributed by atoms with van der Waals surface area (Å²) in [6.07, 6.45) is 0.811. The predicted octanol–water partition coefficient (Wildman–Crippen LogP) is 2.70. The summed E-state index contributed by atoms with van der Waals surface area (Å²) in [6.45, 7) is 6.74. The molecule has 0 aromatic heterocycles. The Morgan fingerprint density at radius 2 is 1.79 bits per heavy atom. The van der Waals surface area contributed by atoms with Crippen molar-refractivity contribution in [2.75, 3.05) is 6.54 Å². The molecule has 0 spiro atoms. The Balaban J connectivity index is 0.00000324. The van der Waals surface area contributed by atoms with Crippen molar-refractivity contribution in [1.29, 1.82) is 0 Å². The van der Waals surface area contributed by atoms with Gasteiger partial charge in [-0.15, -0.1) is 12.4 Å². The summed E-state index contributed by atoms with van der Waals surface area (Å²) < 4.78 is 0. The first-order chi connectivity index (χ1) is 8.52. The minimum Gasteiger partial charge on any atom is -0.356 e. The van der Waals surface area contributed by atoms with E-state index < -0.39 is 0 Å². The number of benzene rings is 1. The SMILES string of the molecule is CC(N)CCNC(=O)C(c1ccccc1)C(C)C.Cl. The van der Waals surface area contributed by atoms with Crippen molar-refractivity contribution in [3.05, 3.63) is 35.9 Å². The molecule has 1 aromatic rings. The molecule has 0 fully saturated rings. The summed E-state index contributed by atoms with van der Waals surface area (Å²) in [5.41, 5.74) is 6.75. The Hall–Kier alpha value is -1.06. The Kier molecular flexibility index (Phi) is 8.44. The van der Waals surface area contributed by atoms with Crippen LogP contribution in [0.4, 0.5) is 0 Å². The molecular weight excluding hydrogens is 260 g/mol. The minimum atomic E-state index is -0.0840. The maximum Gasteiger partial charge on any atom is 0.227 e. The molecule has 0 saturated heterocycles. The topological polar surface area (TPSA) is 55.1 Å². The molecule has 0 aliphatic rings. The highest BCUT2D eigenvalue weighted by molar-refractivity contribution is 5.85. The first-order valence-corrected chi connectivity index (χ1v) is 6.60. The zero-order valence-corrected chi connectivity index (χ0v) is 12.7. The van der Waals surface area contributed by atoms with Crippen LogP contribution in [0, 0.1) is 5.92 Å². The number of carbonyl (C=O) groups is 1. The van der Waals surface area contributed by atoms with Crippen LogP contribution in [0.2, 0.25) is 0 Å². The van der Waals surface area contributed by atoms with Crippen molar-refractivity contribution < 1.29 is 4.79 Å². The lowest BCUT2D eigenvalue weighted by atomic mass is 9.87. The molecule has 0 radical (unpaired) electrons. The van der Waals surface area contributed by atoms with E-state index >= 15 is 0 Å². The van der Waals surface area contributed by atoms with E-state index in [2.05, 4.69) is 19.2 Å². The third-order valence-electron chi connectivity index (χ3n) is 3.01. The summed E-state index contributed by atoms with van der Waals surface area (Å²) >= 11 is 0. The molecule has 19 heavy (non-hydrogen) atoms. The van der Waals surface area contributed by atoms with E-state index in [1.165, 1.54) is 0 Å². The number of hydrogen-bond acceptors (Lipinski definition) is 2. The summed E-state index contributed by atoms with van der Waals surface area (Å²) in [7, 11) is 0. The Morgan fingerprint density at radius 1 is 1.21 bits per heavy atom. The van der Waals surface area contributed by atoms with Crippen LogP contribution in [-0.2, 0) is 4.79 Å². The van der Waals surface area contributed by atoms with Crippen LogP contribution in [-0.4, -0.2) is 18.5 Å². The molecule has 2 atom stereocenters. The first-order valence-electron chi connectivity index (χ1n) is 6.60. The lowest BCUT2D eigenvalue weighted by Gasteiger charge is -2.21. The number of rotatable bonds is 6. The van der Waals surface area contributed by atoms with Gasteiger partial charge in [0.25, 0.3) is 0 Å². The molecular formula is C15H25ClN2O. The van der Waals surface area contributed by atoms with Gasteiger partial charge in [0.2, 0.25) is 5.91 Å². The molecule has 4 heteroatoms. The van der Waals surface area contributed by atoms with Gasteiger partial charge in [-0.25, -0.2) is 0 Å². The highest BCUT2D eigenvalue weighted by atomic mass is 35.5. The highest BCUT2D eigenvalue weighted by Gasteiger charge is 2.23. The second-order valence-corrected chi connectivity index (χ2v) is 5.19. The van der Waals surface area contributed by atoms with Gasteiger partial charge in [-0.1, -0.05) is 44.2 Å². The molecule has 0 saturated carbocycles.